The molecular weight excluding hydrogens is 290 g/mol. The number of aromatic nitrogens is 4. The van der Waals surface area contributed by atoms with Crippen LogP contribution in [0.4, 0.5) is 8.78 Å². The molecule has 0 bridgehead atoms. The van der Waals surface area contributed by atoms with E-state index >= 15 is 0 Å². The molecule has 0 aliphatic heterocycles. The summed E-state index contributed by atoms with van der Waals surface area (Å²) in [6.07, 6.45) is 2.52. The highest BCUT2D eigenvalue weighted by atomic mass is 19.1. The molecule has 112 valence electrons. The van der Waals surface area contributed by atoms with Gasteiger partial charge in [-0.1, -0.05) is 0 Å². The van der Waals surface area contributed by atoms with Gasteiger partial charge in [0, 0.05) is 12.7 Å². The predicted octanol–water partition coefficient (Wildman–Crippen LogP) is 1.48. The summed E-state index contributed by atoms with van der Waals surface area (Å²) < 4.78 is 28.5. The van der Waals surface area contributed by atoms with E-state index in [0.717, 1.165) is 6.20 Å². The fourth-order valence-electron chi connectivity index (χ4n) is 2.14. The largest absolute Gasteiger partial charge is 0.325 e. The van der Waals surface area contributed by atoms with Gasteiger partial charge in [0.2, 0.25) is 0 Å². The molecule has 0 aliphatic rings. The minimum Gasteiger partial charge on any atom is -0.325 e. The van der Waals surface area contributed by atoms with Gasteiger partial charge < -0.3 is 11.1 Å². The molecule has 3 aromatic rings. The van der Waals surface area contributed by atoms with Crippen LogP contribution in [0.3, 0.4) is 0 Å². The van der Waals surface area contributed by atoms with Gasteiger partial charge in [0.25, 0.3) is 0 Å². The first-order valence-corrected chi connectivity index (χ1v) is 6.49. The Bertz CT molecular complexity index is 858. The lowest BCUT2D eigenvalue weighted by atomic mass is 10.2. The zero-order chi connectivity index (χ0) is 15.7. The third-order valence-corrected chi connectivity index (χ3v) is 3.18. The van der Waals surface area contributed by atoms with E-state index in [1.807, 2.05) is 0 Å². The summed E-state index contributed by atoms with van der Waals surface area (Å²) in [7, 11) is 0. The monoisotopic (exact) mass is 302 g/mol. The van der Waals surface area contributed by atoms with Gasteiger partial charge in [-0.25, -0.2) is 18.4 Å². The minimum atomic E-state index is -0.540. The van der Waals surface area contributed by atoms with Crippen LogP contribution in [0.2, 0.25) is 0 Å². The Morgan fingerprint density at radius 3 is 2.86 bits per heavy atom. The van der Waals surface area contributed by atoms with E-state index in [1.165, 1.54) is 29.1 Å². The molecule has 0 amide bonds. The Morgan fingerprint density at radius 2 is 2.14 bits per heavy atom. The highest BCUT2D eigenvalue weighted by molar-refractivity contribution is 6.07. The van der Waals surface area contributed by atoms with Gasteiger partial charge in [-0.3, -0.25) is 4.98 Å². The molecule has 0 aromatic carbocycles. The zero-order valence-electron chi connectivity index (χ0n) is 11.4. The molecule has 8 heteroatoms. The third kappa shape index (κ3) is 2.44. The van der Waals surface area contributed by atoms with Crippen molar-refractivity contribution in [3.8, 4) is 0 Å². The topological polar surface area (TPSA) is 93.5 Å². The van der Waals surface area contributed by atoms with Gasteiger partial charge in [-0.15, -0.1) is 0 Å². The normalized spacial score (nSPS) is 11.0. The maximum Gasteiger partial charge on any atom is 0.159 e. The fraction of sp³-hybridized carbons (Fsp3) is 0.143. The number of pyridine rings is 2. The summed E-state index contributed by atoms with van der Waals surface area (Å²) in [6.45, 7) is -0.0137. The van der Waals surface area contributed by atoms with Gasteiger partial charge in [0.1, 0.15) is 17.3 Å². The van der Waals surface area contributed by atoms with E-state index in [-0.39, 0.29) is 30.2 Å². The Balaban J connectivity index is 2.14. The van der Waals surface area contributed by atoms with Gasteiger partial charge in [-0.05, 0) is 18.2 Å². The van der Waals surface area contributed by atoms with Crippen LogP contribution < -0.4 is 5.73 Å². The van der Waals surface area contributed by atoms with Crippen LogP contribution in [-0.4, -0.2) is 32.0 Å². The van der Waals surface area contributed by atoms with Crippen molar-refractivity contribution >= 4 is 16.7 Å². The van der Waals surface area contributed by atoms with Crippen LogP contribution >= 0.6 is 0 Å². The average Bonchev–Trinajstić information content (AvgIpc) is 2.86. The summed E-state index contributed by atoms with van der Waals surface area (Å²) in [5.41, 5.74) is 6.28. The molecule has 0 saturated heterocycles. The Kier molecular flexibility index (Phi) is 3.60. The van der Waals surface area contributed by atoms with E-state index in [2.05, 4.69) is 15.1 Å². The van der Waals surface area contributed by atoms with Crippen molar-refractivity contribution in [1.29, 1.82) is 5.41 Å². The van der Waals surface area contributed by atoms with E-state index in [1.54, 1.807) is 0 Å². The van der Waals surface area contributed by atoms with Crippen molar-refractivity contribution in [2.75, 3.05) is 6.54 Å². The molecule has 6 nitrogen and oxygen atoms in total. The number of nitrogens with one attached hydrogen (secondary N) is 1. The second kappa shape index (κ2) is 5.57. The maximum absolute atomic E-state index is 13.7. The van der Waals surface area contributed by atoms with E-state index < -0.39 is 11.6 Å². The van der Waals surface area contributed by atoms with Crippen LogP contribution in [0.25, 0.3) is 11.0 Å². The van der Waals surface area contributed by atoms with Gasteiger partial charge >= 0.3 is 0 Å². The molecule has 22 heavy (non-hydrogen) atoms. The molecular formula is C14H12F2N6. The lowest BCUT2D eigenvalue weighted by molar-refractivity contribution is 0.574. The Labute approximate surface area is 124 Å². The van der Waals surface area contributed by atoms with Gasteiger partial charge in [-0.2, -0.15) is 5.10 Å². The summed E-state index contributed by atoms with van der Waals surface area (Å²) in [5, 5.41) is 12.4. The first-order valence-electron chi connectivity index (χ1n) is 6.49. The number of rotatable bonds is 4. The highest BCUT2D eigenvalue weighted by Gasteiger charge is 2.17. The molecule has 0 spiro atoms. The van der Waals surface area contributed by atoms with Crippen molar-refractivity contribution in [2.24, 2.45) is 5.73 Å². The maximum atomic E-state index is 13.7. The van der Waals surface area contributed by atoms with Crippen LogP contribution in [0.5, 0.6) is 0 Å². The molecule has 0 unspecified atom stereocenters. The number of hydrogen-bond donors (Lipinski definition) is 2. The van der Waals surface area contributed by atoms with Gasteiger partial charge in [0.15, 0.2) is 5.65 Å². The van der Waals surface area contributed by atoms with Crippen molar-refractivity contribution < 1.29 is 8.78 Å². The lowest BCUT2D eigenvalue weighted by Gasteiger charge is -2.03. The Hall–Kier alpha value is -2.74. The predicted molar refractivity (Wildman–Crippen MR) is 76.7 cm³/mol. The highest BCUT2D eigenvalue weighted by Crippen LogP contribution is 2.19. The van der Waals surface area contributed by atoms with Crippen molar-refractivity contribution in [2.45, 2.75) is 6.54 Å². The van der Waals surface area contributed by atoms with E-state index in [4.69, 9.17) is 11.1 Å². The molecule has 0 saturated carbocycles. The first kappa shape index (κ1) is 14.2. The number of hydrogen-bond acceptors (Lipinski definition) is 5. The van der Waals surface area contributed by atoms with Crippen LogP contribution in [0.15, 0.2) is 30.6 Å². The summed E-state index contributed by atoms with van der Waals surface area (Å²) in [4.78, 5) is 7.94. The molecule has 0 aliphatic carbocycles. The number of fused-ring (bicyclic) bond motifs is 1. The quantitative estimate of drug-likeness (QED) is 0.714. The molecule has 3 N–H and O–H groups in total. The van der Waals surface area contributed by atoms with Crippen LogP contribution in [-0.2, 0) is 6.54 Å². The van der Waals surface area contributed by atoms with Gasteiger partial charge in [0.05, 0.1) is 29.5 Å². The standard InChI is InChI=1S/C14H12F2N6/c15-8-4-9-13(11(18)5-17)21-22(14(9)20-6-8)7-12-10(16)2-1-3-19-12/h1-4,6,18H,5,7,17H2. The molecule has 3 rings (SSSR count). The van der Waals surface area contributed by atoms with Crippen molar-refractivity contribution in [3.05, 3.63) is 53.6 Å². The first-order chi connectivity index (χ1) is 10.6. The molecule has 0 fully saturated rings. The van der Waals surface area contributed by atoms with E-state index in [9.17, 15) is 8.78 Å². The number of nitrogens with two attached hydrogens (primary N) is 1. The minimum absolute atomic E-state index is 0.0274. The Morgan fingerprint density at radius 1 is 1.32 bits per heavy atom. The zero-order valence-corrected chi connectivity index (χ0v) is 11.4. The van der Waals surface area contributed by atoms with Crippen LogP contribution in [0, 0.1) is 17.0 Å². The van der Waals surface area contributed by atoms with Crippen molar-refractivity contribution in [1.82, 2.24) is 19.7 Å². The molecule has 0 atom stereocenters. The lowest BCUT2D eigenvalue weighted by Crippen LogP contribution is -2.15. The summed E-state index contributed by atoms with van der Waals surface area (Å²) >= 11 is 0. The fourth-order valence-corrected chi connectivity index (χ4v) is 2.14. The van der Waals surface area contributed by atoms with Crippen molar-refractivity contribution in [3.63, 3.8) is 0 Å². The summed E-state index contributed by atoms with van der Waals surface area (Å²) in [5.74, 6) is -1.01. The summed E-state index contributed by atoms with van der Waals surface area (Å²) in [6, 6.07) is 4.02. The average molecular weight is 302 g/mol. The molecule has 3 heterocycles. The van der Waals surface area contributed by atoms with E-state index in [0.29, 0.717) is 11.0 Å². The molecule has 0 radical (unpaired) electrons. The second-order valence-electron chi connectivity index (χ2n) is 4.65. The SMILES string of the molecule is N=C(CN)c1nn(Cc2ncccc2F)c2ncc(F)cc12. The third-order valence-electron chi connectivity index (χ3n) is 3.18. The van der Waals surface area contributed by atoms with Crippen LogP contribution in [0.1, 0.15) is 11.4 Å². The number of halogens is 2. The smallest absolute Gasteiger partial charge is 0.159 e. The molecule has 3 aromatic heterocycles. The second-order valence-corrected chi connectivity index (χ2v) is 4.65. The number of nitrogens with zero attached hydrogens (tertiary/aromatic N) is 4.